The lowest BCUT2D eigenvalue weighted by Gasteiger charge is -2.43. The van der Waals surface area contributed by atoms with Gasteiger partial charge in [0.25, 0.3) is 0 Å². The van der Waals surface area contributed by atoms with Gasteiger partial charge in [-0.3, -0.25) is 0 Å². The van der Waals surface area contributed by atoms with Crippen LogP contribution in [0.1, 0.15) is 62.5 Å². The maximum absolute atomic E-state index is 3.99. The second-order valence-electron chi connectivity index (χ2n) is 9.44. The van der Waals surface area contributed by atoms with Gasteiger partial charge in [-0.15, -0.1) is 11.8 Å². The zero-order chi connectivity index (χ0) is 19.1. The molecule has 0 saturated carbocycles. The number of hydrogen-bond acceptors (Lipinski definition) is 2. The number of rotatable bonds is 3. The molecular formula is C26H33NS. The van der Waals surface area contributed by atoms with Crippen molar-refractivity contribution in [3.05, 3.63) is 65.8 Å². The largest absolute Gasteiger partial charge is 0.313 e. The van der Waals surface area contributed by atoms with Gasteiger partial charge in [-0.1, -0.05) is 68.5 Å². The molecule has 4 aliphatic rings. The van der Waals surface area contributed by atoms with Crippen LogP contribution in [0.25, 0.3) is 0 Å². The van der Waals surface area contributed by atoms with Gasteiger partial charge in [0.1, 0.15) is 0 Å². The number of benzene rings is 1. The third kappa shape index (κ3) is 3.33. The summed E-state index contributed by atoms with van der Waals surface area (Å²) in [6.45, 7) is 5.91. The van der Waals surface area contributed by atoms with E-state index in [0.29, 0.717) is 29.7 Å². The van der Waals surface area contributed by atoms with Gasteiger partial charge in [-0.05, 0) is 60.5 Å². The van der Waals surface area contributed by atoms with E-state index in [2.05, 4.69) is 85.6 Å². The molecular weight excluding hydrogens is 358 g/mol. The first kappa shape index (κ1) is 18.8. The van der Waals surface area contributed by atoms with Crippen molar-refractivity contribution in [2.75, 3.05) is 6.54 Å². The van der Waals surface area contributed by atoms with Crippen molar-refractivity contribution in [1.82, 2.24) is 5.32 Å². The number of fused-ring (bicyclic) bond motifs is 3. The lowest BCUT2D eigenvalue weighted by molar-refractivity contribution is 0.167. The summed E-state index contributed by atoms with van der Waals surface area (Å²) >= 11 is 2.18. The van der Waals surface area contributed by atoms with E-state index in [-0.39, 0.29) is 0 Å². The fourth-order valence-electron chi connectivity index (χ4n) is 6.00. The van der Waals surface area contributed by atoms with Crippen LogP contribution in [-0.2, 0) is 0 Å². The predicted molar refractivity (Wildman–Crippen MR) is 121 cm³/mol. The van der Waals surface area contributed by atoms with Gasteiger partial charge in [0, 0.05) is 28.6 Å². The van der Waals surface area contributed by atoms with Crippen LogP contribution in [0, 0.1) is 17.8 Å². The molecule has 148 valence electrons. The van der Waals surface area contributed by atoms with Crippen LogP contribution in [0.3, 0.4) is 0 Å². The summed E-state index contributed by atoms with van der Waals surface area (Å²) in [5.41, 5.74) is 3.23. The summed E-state index contributed by atoms with van der Waals surface area (Å²) < 4.78 is 0. The second kappa shape index (κ2) is 7.88. The molecule has 0 spiro atoms. The van der Waals surface area contributed by atoms with Crippen LogP contribution in [0.5, 0.6) is 0 Å². The molecule has 0 radical (unpaired) electrons. The van der Waals surface area contributed by atoms with E-state index in [4.69, 9.17) is 0 Å². The highest BCUT2D eigenvalue weighted by Gasteiger charge is 2.39. The number of thioether (sulfide) groups is 1. The first-order chi connectivity index (χ1) is 13.7. The first-order valence-corrected chi connectivity index (χ1v) is 12.1. The van der Waals surface area contributed by atoms with Crippen molar-refractivity contribution in [2.45, 2.75) is 67.6 Å². The van der Waals surface area contributed by atoms with Gasteiger partial charge >= 0.3 is 0 Å². The van der Waals surface area contributed by atoms with Crippen LogP contribution in [0.2, 0.25) is 0 Å². The maximum Gasteiger partial charge on any atom is 0.0201 e. The fraction of sp³-hybridized carbons (Fsp3) is 0.538. The average Bonchev–Trinajstić information content (AvgIpc) is 3.13. The Bertz CT molecular complexity index is 805. The van der Waals surface area contributed by atoms with Gasteiger partial charge in [-0.25, -0.2) is 0 Å². The van der Waals surface area contributed by atoms with E-state index in [1.54, 1.807) is 16.0 Å². The standard InChI is InChI=1S/C26H33NS/c1-17(2)25-23(18-9-4-3-5-10-18)15-19(16-27-25)20-12-8-13-22-21-11-6-7-14-24(21)28-26(20)22/h3-6,8-9,11-13,17-19,21,23-25,27H,7,10,14-16H2,1-2H3. The zero-order valence-electron chi connectivity index (χ0n) is 17.2. The lowest BCUT2D eigenvalue weighted by atomic mass is 9.70. The molecule has 1 aromatic carbocycles. The molecule has 0 amide bonds. The van der Waals surface area contributed by atoms with Crippen LogP contribution in [-0.4, -0.2) is 17.8 Å². The Morgan fingerprint density at radius 2 is 1.96 bits per heavy atom. The Labute approximate surface area is 174 Å². The molecule has 6 atom stereocenters. The van der Waals surface area contributed by atoms with Crippen molar-refractivity contribution in [2.24, 2.45) is 17.8 Å². The molecule has 1 fully saturated rings. The van der Waals surface area contributed by atoms with E-state index in [1.807, 2.05) is 0 Å². The number of allylic oxidation sites excluding steroid dienone is 6. The molecule has 2 aliphatic heterocycles. The van der Waals surface area contributed by atoms with Crippen molar-refractivity contribution in [3.63, 3.8) is 0 Å². The van der Waals surface area contributed by atoms with E-state index in [0.717, 1.165) is 17.7 Å². The summed E-state index contributed by atoms with van der Waals surface area (Å²) in [7, 11) is 0. The third-order valence-electron chi connectivity index (χ3n) is 7.41. The molecule has 5 rings (SSSR count). The number of nitrogens with one attached hydrogen (secondary N) is 1. The molecule has 1 nitrogen and oxygen atoms in total. The van der Waals surface area contributed by atoms with Gasteiger partial charge in [0.2, 0.25) is 0 Å². The van der Waals surface area contributed by atoms with Crippen molar-refractivity contribution >= 4 is 11.8 Å². The van der Waals surface area contributed by atoms with Gasteiger partial charge in [0.15, 0.2) is 0 Å². The monoisotopic (exact) mass is 391 g/mol. The van der Waals surface area contributed by atoms with Crippen LogP contribution in [0.4, 0.5) is 0 Å². The van der Waals surface area contributed by atoms with Gasteiger partial charge in [0.05, 0.1) is 0 Å². The number of piperidine rings is 1. The predicted octanol–water partition coefficient (Wildman–Crippen LogP) is 6.44. The molecule has 2 heterocycles. The third-order valence-corrected chi connectivity index (χ3v) is 8.94. The SMILES string of the molecule is CC(C)C1NCC(c2cccc3c2SC2CCC=CC32)CC1C1C=CC=CC1. The Morgan fingerprint density at radius 3 is 2.79 bits per heavy atom. The van der Waals surface area contributed by atoms with Crippen LogP contribution in [0.15, 0.2) is 59.6 Å². The Kier molecular flexibility index (Phi) is 5.28. The highest BCUT2D eigenvalue weighted by molar-refractivity contribution is 8.00. The average molecular weight is 392 g/mol. The minimum Gasteiger partial charge on any atom is -0.313 e. The van der Waals surface area contributed by atoms with E-state index < -0.39 is 0 Å². The topological polar surface area (TPSA) is 12.0 Å². The minimum absolute atomic E-state index is 0.632. The Balaban J connectivity index is 1.43. The molecule has 0 aromatic heterocycles. The summed E-state index contributed by atoms with van der Waals surface area (Å²) in [5, 5.41) is 4.75. The normalized spacial score (nSPS) is 36.5. The molecule has 2 heteroatoms. The van der Waals surface area contributed by atoms with Crippen LogP contribution >= 0.6 is 11.8 Å². The summed E-state index contributed by atoms with van der Waals surface area (Å²) in [4.78, 5) is 1.62. The van der Waals surface area contributed by atoms with Crippen molar-refractivity contribution in [1.29, 1.82) is 0 Å². The summed E-state index contributed by atoms with van der Waals surface area (Å²) in [6.07, 6.45) is 19.3. The highest BCUT2D eigenvalue weighted by atomic mass is 32.2. The molecule has 1 aromatic rings. The quantitative estimate of drug-likeness (QED) is 0.595. The lowest BCUT2D eigenvalue weighted by Crippen LogP contribution is -2.50. The molecule has 0 bridgehead atoms. The molecule has 1 N–H and O–H groups in total. The van der Waals surface area contributed by atoms with Crippen LogP contribution < -0.4 is 5.32 Å². The zero-order valence-corrected chi connectivity index (χ0v) is 18.0. The summed E-state index contributed by atoms with van der Waals surface area (Å²) in [5.74, 6) is 3.39. The summed E-state index contributed by atoms with van der Waals surface area (Å²) in [6, 6.07) is 7.78. The molecule has 6 unspecified atom stereocenters. The second-order valence-corrected chi connectivity index (χ2v) is 10.7. The smallest absolute Gasteiger partial charge is 0.0201 e. The van der Waals surface area contributed by atoms with E-state index in [1.165, 1.54) is 25.7 Å². The van der Waals surface area contributed by atoms with E-state index >= 15 is 0 Å². The molecule has 2 aliphatic carbocycles. The minimum atomic E-state index is 0.632. The fourth-order valence-corrected chi connectivity index (χ4v) is 7.65. The number of hydrogen-bond donors (Lipinski definition) is 1. The first-order valence-electron chi connectivity index (χ1n) is 11.2. The van der Waals surface area contributed by atoms with Gasteiger partial charge in [-0.2, -0.15) is 0 Å². The van der Waals surface area contributed by atoms with Crippen molar-refractivity contribution in [3.8, 4) is 0 Å². The highest BCUT2D eigenvalue weighted by Crippen LogP contribution is 2.53. The maximum atomic E-state index is 3.99. The van der Waals surface area contributed by atoms with Crippen molar-refractivity contribution < 1.29 is 0 Å². The molecule has 1 saturated heterocycles. The van der Waals surface area contributed by atoms with Gasteiger partial charge < -0.3 is 5.32 Å². The molecule has 28 heavy (non-hydrogen) atoms. The Hall–Kier alpha value is -1.25. The Morgan fingerprint density at radius 1 is 1.07 bits per heavy atom. The van der Waals surface area contributed by atoms with E-state index in [9.17, 15) is 0 Å².